The van der Waals surface area contributed by atoms with Gasteiger partial charge in [-0.3, -0.25) is 0 Å². The first-order chi connectivity index (χ1) is 9.96. The Morgan fingerprint density at radius 3 is 2.57 bits per heavy atom. The van der Waals surface area contributed by atoms with Crippen LogP contribution in [-0.2, 0) is 5.41 Å². The zero-order chi connectivity index (χ0) is 15.5. The predicted molar refractivity (Wildman–Crippen MR) is 92.8 cm³/mol. The summed E-state index contributed by atoms with van der Waals surface area (Å²) >= 11 is 0. The smallest absolute Gasteiger partial charge is 0.0106 e. The Morgan fingerprint density at radius 2 is 1.90 bits per heavy atom. The van der Waals surface area contributed by atoms with Gasteiger partial charge in [-0.1, -0.05) is 58.4 Å². The van der Waals surface area contributed by atoms with Gasteiger partial charge in [-0.15, -0.1) is 0 Å². The second kappa shape index (κ2) is 6.96. The Bertz CT molecular complexity index is 449. The fourth-order valence-corrected chi connectivity index (χ4v) is 4.30. The highest BCUT2D eigenvalue weighted by Crippen LogP contribution is 2.43. The maximum absolute atomic E-state index is 3.85. The Kier molecular flexibility index (Phi) is 5.48. The van der Waals surface area contributed by atoms with Crippen molar-refractivity contribution in [2.45, 2.75) is 71.8 Å². The number of benzene rings is 1. The van der Waals surface area contributed by atoms with Crippen LogP contribution in [0.3, 0.4) is 0 Å². The van der Waals surface area contributed by atoms with Crippen molar-refractivity contribution in [3.05, 3.63) is 35.4 Å². The molecule has 3 atom stereocenters. The average Bonchev–Trinajstić information content (AvgIpc) is 2.45. The molecule has 118 valence electrons. The molecule has 3 unspecified atom stereocenters. The molecule has 1 nitrogen and oxygen atoms in total. The van der Waals surface area contributed by atoms with E-state index in [0.29, 0.717) is 6.04 Å². The van der Waals surface area contributed by atoms with Crippen LogP contribution in [-0.4, -0.2) is 12.6 Å². The maximum Gasteiger partial charge on any atom is 0.0106 e. The number of hydrogen-bond acceptors (Lipinski definition) is 1. The molecule has 0 spiro atoms. The van der Waals surface area contributed by atoms with Crippen molar-refractivity contribution in [1.29, 1.82) is 0 Å². The highest BCUT2D eigenvalue weighted by Gasteiger charge is 2.40. The maximum atomic E-state index is 3.85. The molecule has 1 aromatic carbocycles. The minimum absolute atomic E-state index is 0.247. The molecule has 1 saturated carbocycles. The summed E-state index contributed by atoms with van der Waals surface area (Å²) in [6.07, 6.45) is 5.29. The van der Waals surface area contributed by atoms with Gasteiger partial charge in [0, 0.05) is 6.04 Å². The van der Waals surface area contributed by atoms with Crippen LogP contribution in [0.1, 0.15) is 64.5 Å². The molecule has 1 aliphatic rings. The Morgan fingerprint density at radius 1 is 1.19 bits per heavy atom. The molecule has 0 radical (unpaired) electrons. The number of nitrogens with one attached hydrogen (secondary N) is 1. The normalized spacial score (nSPS) is 26.8. The minimum atomic E-state index is 0.247. The molecule has 1 heteroatoms. The van der Waals surface area contributed by atoms with E-state index in [1.807, 2.05) is 0 Å². The fraction of sp³-hybridized carbons (Fsp3) is 0.700. The summed E-state index contributed by atoms with van der Waals surface area (Å²) in [5.41, 5.74) is 3.22. The first-order valence-electron chi connectivity index (χ1n) is 8.76. The molecular formula is C20H33N. The highest BCUT2D eigenvalue weighted by molar-refractivity contribution is 5.33. The van der Waals surface area contributed by atoms with Gasteiger partial charge in [0.1, 0.15) is 0 Å². The largest absolute Gasteiger partial charge is 0.314 e. The molecule has 0 bridgehead atoms. The lowest BCUT2D eigenvalue weighted by Gasteiger charge is -2.45. The van der Waals surface area contributed by atoms with E-state index in [-0.39, 0.29) is 5.41 Å². The van der Waals surface area contributed by atoms with E-state index >= 15 is 0 Å². The summed E-state index contributed by atoms with van der Waals surface area (Å²) < 4.78 is 0. The number of rotatable bonds is 5. The van der Waals surface area contributed by atoms with Gasteiger partial charge in [0.15, 0.2) is 0 Å². The van der Waals surface area contributed by atoms with Gasteiger partial charge in [-0.2, -0.15) is 0 Å². The van der Waals surface area contributed by atoms with Gasteiger partial charge in [-0.05, 0) is 61.1 Å². The van der Waals surface area contributed by atoms with Crippen LogP contribution >= 0.6 is 0 Å². The van der Waals surface area contributed by atoms with E-state index in [9.17, 15) is 0 Å². The van der Waals surface area contributed by atoms with Gasteiger partial charge in [-0.25, -0.2) is 0 Å². The standard InChI is InChI=1S/C20H33N/c1-6-13-21-19-14-15(2)11-12-18(19)20(4,5)17-10-8-7-9-16(17)3/h7-10,15,18-19,21H,6,11-14H2,1-5H3. The second-order valence-electron chi connectivity index (χ2n) is 7.62. The highest BCUT2D eigenvalue weighted by atomic mass is 14.9. The second-order valence-corrected chi connectivity index (χ2v) is 7.62. The van der Waals surface area contributed by atoms with Crippen LogP contribution in [0.25, 0.3) is 0 Å². The van der Waals surface area contributed by atoms with Crippen molar-refractivity contribution in [3.63, 3.8) is 0 Å². The van der Waals surface area contributed by atoms with Crippen LogP contribution < -0.4 is 5.32 Å². The molecule has 1 aromatic rings. The first kappa shape index (κ1) is 16.5. The molecule has 2 rings (SSSR count). The number of hydrogen-bond donors (Lipinski definition) is 1. The summed E-state index contributed by atoms with van der Waals surface area (Å²) in [4.78, 5) is 0. The van der Waals surface area contributed by atoms with Crippen molar-refractivity contribution >= 4 is 0 Å². The van der Waals surface area contributed by atoms with Gasteiger partial charge in [0.2, 0.25) is 0 Å². The third kappa shape index (κ3) is 3.69. The third-order valence-electron chi connectivity index (χ3n) is 5.54. The summed E-state index contributed by atoms with van der Waals surface area (Å²) in [6, 6.07) is 9.62. The Hall–Kier alpha value is -0.820. The van der Waals surface area contributed by atoms with Crippen LogP contribution in [0, 0.1) is 18.8 Å². The van der Waals surface area contributed by atoms with E-state index in [1.165, 1.54) is 36.8 Å². The average molecular weight is 287 g/mol. The molecule has 0 saturated heterocycles. The van der Waals surface area contributed by atoms with E-state index < -0.39 is 0 Å². The third-order valence-corrected chi connectivity index (χ3v) is 5.54. The van der Waals surface area contributed by atoms with Gasteiger partial charge >= 0.3 is 0 Å². The SMILES string of the molecule is CCCNC1CC(C)CCC1C(C)(C)c1ccccc1C. The van der Waals surface area contributed by atoms with Crippen molar-refractivity contribution in [2.75, 3.05) is 6.54 Å². The van der Waals surface area contributed by atoms with Crippen LogP contribution in [0.4, 0.5) is 0 Å². The molecule has 0 aromatic heterocycles. The van der Waals surface area contributed by atoms with E-state index in [4.69, 9.17) is 0 Å². The molecular weight excluding hydrogens is 254 g/mol. The zero-order valence-electron chi connectivity index (χ0n) is 14.6. The van der Waals surface area contributed by atoms with Gasteiger partial charge < -0.3 is 5.32 Å². The lowest BCUT2D eigenvalue weighted by molar-refractivity contribution is 0.145. The summed E-state index contributed by atoms with van der Waals surface area (Å²) in [5.74, 6) is 1.60. The minimum Gasteiger partial charge on any atom is -0.314 e. The van der Waals surface area contributed by atoms with E-state index in [0.717, 1.165) is 18.4 Å². The molecule has 1 N–H and O–H groups in total. The molecule has 1 fully saturated rings. The topological polar surface area (TPSA) is 12.0 Å². The predicted octanol–water partition coefficient (Wildman–Crippen LogP) is 5.08. The lowest BCUT2D eigenvalue weighted by Crippen LogP contribution is -2.48. The molecule has 21 heavy (non-hydrogen) atoms. The molecule has 0 amide bonds. The van der Waals surface area contributed by atoms with Crippen molar-refractivity contribution in [2.24, 2.45) is 11.8 Å². The first-order valence-corrected chi connectivity index (χ1v) is 8.76. The number of aryl methyl sites for hydroxylation is 1. The van der Waals surface area contributed by atoms with Crippen LogP contribution in [0.2, 0.25) is 0 Å². The summed E-state index contributed by atoms with van der Waals surface area (Å²) in [7, 11) is 0. The zero-order valence-corrected chi connectivity index (χ0v) is 14.6. The summed E-state index contributed by atoms with van der Waals surface area (Å²) in [5, 5.41) is 3.85. The van der Waals surface area contributed by atoms with Crippen molar-refractivity contribution in [3.8, 4) is 0 Å². The van der Waals surface area contributed by atoms with Gasteiger partial charge in [0.25, 0.3) is 0 Å². The quantitative estimate of drug-likeness (QED) is 0.796. The van der Waals surface area contributed by atoms with Crippen LogP contribution in [0.15, 0.2) is 24.3 Å². The Balaban J connectivity index is 2.25. The molecule has 0 heterocycles. The fourth-order valence-electron chi connectivity index (χ4n) is 4.30. The van der Waals surface area contributed by atoms with Crippen LogP contribution in [0.5, 0.6) is 0 Å². The van der Waals surface area contributed by atoms with Crippen molar-refractivity contribution < 1.29 is 0 Å². The van der Waals surface area contributed by atoms with Crippen molar-refractivity contribution in [1.82, 2.24) is 5.32 Å². The molecule has 1 aliphatic carbocycles. The molecule has 0 aliphatic heterocycles. The monoisotopic (exact) mass is 287 g/mol. The van der Waals surface area contributed by atoms with E-state index in [1.54, 1.807) is 0 Å². The lowest BCUT2D eigenvalue weighted by atomic mass is 9.63. The van der Waals surface area contributed by atoms with E-state index in [2.05, 4.69) is 64.2 Å². The Labute approximate surface area is 131 Å². The summed E-state index contributed by atoms with van der Waals surface area (Å²) in [6.45, 7) is 13.0. The van der Waals surface area contributed by atoms with Gasteiger partial charge in [0.05, 0.1) is 0 Å².